The van der Waals surface area contributed by atoms with E-state index in [0.717, 1.165) is 25.3 Å². The first-order valence-electron chi connectivity index (χ1n) is 6.37. The van der Waals surface area contributed by atoms with E-state index in [4.69, 9.17) is 21.4 Å². The third kappa shape index (κ3) is 5.25. The minimum atomic E-state index is 0.231. The van der Waals surface area contributed by atoms with Crippen LogP contribution in [0.1, 0.15) is 20.3 Å². The van der Waals surface area contributed by atoms with Crippen LogP contribution in [-0.4, -0.2) is 42.4 Å². The highest BCUT2D eigenvalue weighted by Crippen LogP contribution is 2.22. The smallest absolute Gasteiger partial charge is 0.137 e. The highest BCUT2D eigenvalue weighted by atomic mass is 35.5. The number of ether oxygens (including phenoxy) is 1. The molecular formula is C14H22ClNO2. The Hall–Kier alpha value is -0.770. The van der Waals surface area contributed by atoms with Crippen LogP contribution >= 0.6 is 11.6 Å². The van der Waals surface area contributed by atoms with E-state index in [2.05, 4.69) is 18.7 Å². The lowest BCUT2D eigenvalue weighted by Crippen LogP contribution is -2.35. The van der Waals surface area contributed by atoms with Crippen molar-refractivity contribution in [3.05, 3.63) is 29.3 Å². The van der Waals surface area contributed by atoms with Crippen LogP contribution in [0.2, 0.25) is 5.02 Å². The summed E-state index contributed by atoms with van der Waals surface area (Å²) in [5, 5.41) is 9.50. The molecule has 3 nitrogen and oxygen atoms in total. The summed E-state index contributed by atoms with van der Waals surface area (Å²) in [5.74, 6) is 0.727. The summed E-state index contributed by atoms with van der Waals surface area (Å²) in [6.07, 6.45) is 0.796. The molecule has 0 bridgehead atoms. The predicted molar refractivity (Wildman–Crippen MR) is 75.4 cm³/mol. The zero-order valence-corrected chi connectivity index (χ0v) is 11.9. The summed E-state index contributed by atoms with van der Waals surface area (Å²) in [6.45, 7) is 6.85. The van der Waals surface area contributed by atoms with Crippen LogP contribution in [0.3, 0.4) is 0 Å². The Bertz CT molecular complexity index is 344. The maximum Gasteiger partial charge on any atom is 0.137 e. The Morgan fingerprint density at radius 2 is 2.00 bits per heavy atom. The number of aliphatic hydroxyl groups is 1. The Morgan fingerprint density at radius 1 is 1.28 bits per heavy atom. The number of benzene rings is 1. The van der Waals surface area contributed by atoms with Gasteiger partial charge in [-0.2, -0.15) is 0 Å². The van der Waals surface area contributed by atoms with Crippen molar-refractivity contribution in [3.63, 3.8) is 0 Å². The second kappa shape index (κ2) is 8.35. The van der Waals surface area contributed by atoms with E-state index < -0.39 is 0 Å². The van der Waals surface area contributed by atoms with Gasteiger partial charge in [0.2, 0.25) is 0 Å². The van der Waals surface area contributed by atoms with Gasteiger partial charge in [0.05, 0.1) is 5.02 Å². The number of aliphatic hydroxyl groups excluding tert-OH is 1. The Balaban J connectivity index is 2.36. The standard InChI is InChI=1S/C14H22ClNO2/c1-12(2)16(8-5-10-17)9-11-18-14-7-4-3-6-13(14)15/h3-4,6-7,12,17H,5,8-11H2,1-2H3. The van der Waals surface area contributed by atoms with Gasteiger partial charge in [-0.15, -0.1) is 0 Å². The van der Waals surface area contributed by atoms with E-state index in [1.165, 1.54) is 0 Å². The average molecular weight is 272 g/mol. The van der Waals surface area contributed by atoms with E-state index in [-0.39, 0.29) is 6.61 Å². The maximum absolute atomic E-state index is 8.86. The van der Waals surface area contributed by atoms with Gasteiger partial charge in [-0.1, -0.05) is 23.7 Å². The highest BCUT2D eigenvalue weighted by molar-refractivity contribution is 6.32. The lowest BCUT2D eigenvalue weighted by atomic mass is 10.3. The van der Waals surface area contributed by atoms with Crippen molar-refractivity contribution in [1.29, 1.82) is 0 Å². The zero-order chi connectivity index (χ0) is 13.4. The van der Waals surface area contributed by atoms with Gasteiger partial charge in [-0.25, -0.2) is 0 Å². The molecule has 0 radical (unpaired) electrons. The van der Waals surface area contributed by atoms with Crippen molar-refractivity contribution >= 4 is 11.6 Å². The number of rotatable bonds is 8. The first kappa shape index (κ1) is 15.3. The summed E-state index contributed by atoms with van der Waals surface area (Å²) in [5.41, 5.74) is 0. The van der Waals surface area contributed by atoms with Crippen LogP contribution in [0, 0.1) is 0 Å². The van der Waals surface area contributed by atoms with Crippen LogP contribution in [0.4, 0.5) is 0 Å². The minimum absolute atomic E-state index is 0.231. The van der Waals surface area contributed by atoms with Gasteiger partial charge in [-0.3, -0.25) is 4.90 Å². The Labute approximate surface area is 114 Å². The van der Waals surface area contributed by atoms with Gasteiger partial charge in [0.25, 0.3) is 0 Å². The predicted octanol–water partition coefficient (Wildman–Crippen LogP) is 2.81. The third-order valence-corrected chi connectivity index (χ3v) is 3.12. The number of nitrogens with zero attached hydrogens (tertiary/aromatic N) is 1. The molecule has 102 valence electrons. The summed E-state index contributed by atoms with van der Waals surface area (Å²) in [7, 11) is 0. The number of hydrogen-bond donors (Lipinski definition) is 1. The molecule has 0 aromatic heterocycles. The van der Waals surface area contributed by atoms with Gasteiger partial charge in [-0.05, 0) is 32.4 Å². The fourth-order valence-electron chi connectivity index (χ4n) is 1.74. The molecule has 1 aromatic rings. The maximum atomic E-state index is 8.86. The monoisotopic (exact) mass is 271 g/mol. The lowest BCUT2D eigenvalue weighted by Gasteiger charge is -2.26. The molecule has 0 heterocycles. The van der Waals surface area contributed by atoms with Crippen LogP contribution in [0.15, 0.2) is 24.3 Å². The fourth-order valence-corrected chi connectivity index (χ4v) is 1.93. The van der Waals surface area contributed by atoms with Gasteiger partial charge < -0.3 is 9.84 Å². The quantitative estimate of drug-likeness (QED) is 0.789. The van der Waals surface area contributed by atoms with Gasteiger partial charge in [0, 0.05) is 25.7 Å². The Morgan fingerprint density at radius 3 is 2.61 bits per heavy atom. The SMILES string of the molecule is CC(C)N(CCCO)CCOc1ccccc1Cl. The second-order valence-electron chi connectivity index (χ2n) is 4.49. The summed E-state index contributed by atoms with van der Waals surface area (Å²) < 4.78 is 5.66. The van der Waals surface area contributed by atoms with E-state index in [1.807, 2.05) is 24.3 Å². The molecule has 1 rings (SSSR count). The zero-order valence-electron chi connectivity index (χ0n) is 11.1. The number of para-hydroxylation sites is 1. The molecule has 1 N–H and O–H groups in total. The van der Waals surface area contributed by atoms with Crippen molar-refractivity contribution < 1.29 is 9.84 Å². The van der Waals surface area contributed by atoms with Crippen molar-refractivity contribution in [2.45, 2.75) is 26.3 Å². The molecule has 18 heavy (non-hydrogen) atoms. The van der Waals surface area contributed by atoms with Crippen molar-refractivity contribution in [1.82, 2.24) is 4.90 Å². The molecule has 0 unspecified atom stereocenters. The largest absolute Gasteiger partial charge is 0.491 e. The van der Waals surface area contributed by atoms with Crippen LogP contribution in [0.25, 0.3) is 0 Å². The summed E-state index contributed by atoms with van der Waals surface area (Å²) >= 11 is 6.01. The molecule has 0 amide bonds. The first-order chi connectivity index (χ1) is 8.65. The molecule has 0 atom stereocenters. The number of halogens is 1. The topological polar surface area (TPSA) is 32.7 Å². The molecule has 0 aliphatic carbocycles. The van der Waals surface area contributed by atoms with Gasteiger partial charge in [0.15, 0.2) is 0 Å². The molecule has 1 aromatic carbocycles. The second-order valence-corrected chi connectivity index (χ2v) is 4.89. The fraction of sp³-hybridized carbons (Fsp3) is 0.571. The molecule has 0 saturated heterocycles. The van der Waals surface area contributed by atoms with E-state index >= 15 is 0 Å². The van der Waals surface area contributed by atoms with Crippen molar-refractivity contribution in [2.24, 2.45) is 0 Å². The summed E-state index contributed by atoms with van der Waals surface area (Å²) in [6, 6.07) is 7.94. The number of hydrogen-bond acceptors (Lipinski definition) is 3. The Kier molecular flexibility index (Phi) is 7.09. The highest BCUT2D eigenvalue weighted by Gasteiger charge is 2.09. The molecular weight excluding hydrogens is 250 g/mol. The van der Waals surface area contributed by atoms with Crippen molar-refractivity contribution in [2.75, 3.05) is 26.3 Å². The van der Waals surface area contributed by atoms with E-state index in [1.54, 1.807) is 0 Å². The van der Waals surface area contributed by atoms with Crippen molar-refractivity contribution in [3.8, 4) is 5.75 Å². The van der Waals surface area contributed by atoms with Gasteiger partial charge >= 0.3 is 0 Å². The normalized spacial score (nSPS) is 11.2. The summed E-state index contributed by atoms with van der Waals surface area (Å²) in [4.78, 5) is 2.28. The lowest BCUT2D eigenvalue weighted by molar-refractivity contribution is 0.160. The average Bonchev–Trinajstić information content (AvgIpc) is 2.35. The van der Waals surface area contributed by atoms with Crippen LogP contribution in [-0.2, 0) is 0 Å². The van der Waals surface area contributed by atoms with Crippen LogP contribution < -0.4 is 4.74 Å². The molecule has 4 heteroatoms. The first-order valence-corrected chi connectivity index (χ1v) is 6.75. The molecule has 0 saturated carbocycles. The van der Waals surface area contributed by atoms with E-state index in [9.17, 15) is 0 Å². The minimum Gasteiger partial charge on any atom is -0.491 e. The molecule has 0 fully saturated rings. The van der Waals surface area contributed by atoms with Crippen LogP contribution in [0.5, 0.6) is 5.75 Å². The molecule has 0 aliphatic rings. The third-order valence-electron chi connectivity index (χ3n) is 2.81. The van der Waals surface area contributed by atoms with E-state index in [0.29, 0.717) is 17.7 Å². The molecule has 0 spiro atoms. The van der Waals surface area contributed by atoms with Gasteiger partial charge in [0.1, 0.15) is 12.4 Å². The molecule has 0 aliphatic heterocycles.